The topological polar surface area (TPSA) is 74.0 Å². The third-order valence-corrected chi connectivity index (χ3v) is 4.43. The van der Waals surface area contributed by atoms with E-state index in [1.54, 1.807) is 0 Å². The number of aromatic amines is 1. The first-order valence-electron chi connectivity index (χ1n) is 8.64. The van der Waals surface area contributed by atoms with Gasteiger partial charge in [0.15, 0.2) is 0 Å². The second-order valence-electron chi connectivity index (χ2n) is 6.52. The molecule has 0 unspecified atom stereocenters. The molecular formula is C21H23N3O2. The maximum absolute atomic E-state index is 11.9. The number of hydrogen-bond donors (Lipinski definition) is 3. The number of aryl methyl sites for hydroxylation is 2. The Bertz CT molecular complexity index is 958. The van der Waals surface area contributed by atoms with Crippen LogP contribution in [0.1, 0.15) is 23.6 Å². The highest BCUT2D eigenvalue weighted by Crippen LogP contribution is 2.32. The number of H-pyrrole nitrogens is 1. The van der Waals surface area contributed by atoms with Crippen molar-refractivity contribution in [3.8, 4) is 11.3 Å². The highest BCUT2D eigenvalue weighted by atomic mass is 16.2. The highest BCUT2D eigenvalue weighted by Gasteiger charge is 2.13. The monoisotopic (exact) mass is 349 g/mol. The summed E-state index contributed by atoms with van der Waals surface area (Å²) in [4.78, 5) is 26.3. The molecule has 3 rings (SSSR count). The van der Waals surface area contributed by atoms with Gasteiger partial charge in [0.25, 0.3) is 0 Å². The number of carbonyl (C=O) groups is 2. The third kappa shape index (κ3) is 3.77. The highest BCUT2D eigenvalue weighted by molar-refractivity contribution is 5.93. The Kier molecular flexibility index (Phi) is 5.07. The van der Waals surface area contributed by atoms with Gasteiger partial charge in [-0.1, -0.05) is 42.0 Å². The van der Waals surface area contributed by atoms with E-state index in [4.69, 9.17) is 0 Å². The molecule has 0 aliphatic rings. The van der Waals surface area contributed by atoms with Crippen LogP contribution >= 0.6 is 0 Å². The average molecular weight is 349 g/mol. The number of nitrogens with one attached hydrogen (secondary N) is 3. The molecule has 0 spiro atoms. The van der Waals surface area contributed by atoms with Gasteiger partial charge in [0.1, 0.15) is 0 Å². The van der Waals surface area contributed by atoms with Gasteiger partial charge in [-0.05, 0) is 36.6 Å². The van der Waals surface area contributed by atoms with E-state index in [9.17, 15) is 9.59 Å². The van der Waals surface area contributed by atoms with Crippen LogP contribution in [0, 0.1) is 13.8 Å². The number of benzene rings is 2. The van der Waals surface area contributed by atoms with Crippen molar-refractivity contribution in [2.45, 2.75) is 27.3 Å². The zero-order valence-electron chi connectivity index (χ0n) is 15.3. The summed E-state index contributed by atoms with van der Waals surface area (Å²) in [6, 6.07) is 14.5. The predicted octanol–water partition coefficient (Wildman–Crippen LogP) is 3.20. The van der Waals surface area contributed by atoms with Crippen molar-refractivity contribution in [3.05, 3.63) is 59.2 Å². The number of fused-ring (bicyclic) bond motifs is 1. The van der Waals surface area contributed by atoms with Crippen LogP contribution in [-0.2, 0) is 16.1 Å². The molecule has 2 amide bonds. The Morgan fingerprint density at radius 2 is 1.77 bits per heavy atom. The Hall–Kier alpha value is -3.08. The molecule has 134 valence electrons. The molecule has 0 saturated carbocycles. The predicted molar refractivity (Wildman–Crippen MR) is 104 cm³/mol. The molecule has 1 heterocycles. The minimum Gasteiger partial charge on any atom is -0.354 e. The number of aromatic nitrogens is 1. The molecule has 3 N–H and O–H groups in total. The van der Waals surface area contributed by atoms with Crippen molar-refractivity contribution in [1.29, 1.82) is 0 Å². The first-order valence-corrected chi connectivity index (χ1v) is 8.64. The molecule has 26 heavy (non-hydrogen) atoms. The van der Waals surface area contributed by atoms with Gasteiger partial charge in [-0.2, -0.15) is 0 Å². The van der Waals surface area contributed by atoms with E-state index in [2.05, 4.69) is 53.7 Å². The first kappa shape index (κ1) is 17.7. The Morgan fingerprint density at radius 3 is 2.46 bits per heavy atom. The summed E-state index contributed by atoms with van der Waals surface area (Å²) in [5.74, 6) is -0.424. The van der Waals surface area contributed by atoms with Crippen LogP contribution < -0.4 is 10.6 Å². The standard InChI is InChI=1S/C21H23N3O2/c1-13-9-17(11-23-19(26)12-22-15(3)25)21-18(10-13)14(2)20(24-21)16-7-5-4-6-8-16/h4-10,24H,11-12H2,1-3H3,(H,22,25)(H,23,26). The van der Waals surface area contributed by atoms with Crippen LogP contribution in [0.3, 0.4) is 0 Å². The van der Waals surface area contributed by atoms with Gasteiger partial charge in [0, 0.05) is 24.5 Å². The maximum Gasteiger partial charge on any atom is 0.239 e. The van der Waals surface area contributed by atoms with E-state index in [1.165, 1.54) is 12.5 Å². The quantitative estimate of drug-likeness (QED) is 0.662. The summed E-state index contributed by atoms with van der Waals surface area (Å²) in [6.45, 7) is 5.95. The number of amides is 2. The number of hydrogen-bond acceptors (Lipinski definition) is 2. The minimum atomic E-state index is -0.217. The van der Waals surface area contributed by atoms with Crippen molar-refractivity contribution in [2.24, 2.45) is 0 Å². The maximum atomic E-state index is 11.9. The van der Waals surface area contributed by atoms with Crippen LogP contribution in [0.15, 0.2) is 42.5 Å². The second-order valence-corrected chi connectivity index (χ2v) is 6.52. The SMILES string of the molecule is CC(=O)NCC(=O)NCc1cc(C)cc2c(C)c(-c3ccccc3)[nH]c12. The Morgan fingerprint density at radius 1 is 1.04 bits per heavy atom. The van der Waals surface area contributed by atoms with Crippen molar-refractivity contribution in [1.82, 2.24) is 15.6 Å². The lowest BCUT2D eigenvalue weighted by atomic mass is 10.0. The van der Waals surface area contributed by atoms with Gasteiger partial charge in [-0.25, -0.2) is 0 Å². The molecule has 0 saturated heterocycles. The first-order chi connectivity index (χ1) is 12.5. The van der Waals surface area contributed by atoms with Crippen molar-refractivity contribution >= 4 is 22.7 Å². The number of rotatable bonds is 5. The zero-order valence-corrected chi connectivity index (χ0v) is 15.3. The molecular weight excluding hydrogens is 326 g/mol. The van der Waals surface area contributed by atoms with E-state index < -0.39 is 0 Å². The van der Waals surface area contributed by atoms with E-state index in [-0.39, 0.29) is 18.4 Å². The Labute approximate surface area is 152 Å². The summed E-state index contributed by atoms with van der Waals surface area (Å²) < 4.78 is 0. The summed E-state index contributed by atoms with van der Waals surface area (Å²) in [6.07, 6.45) is 0. The smallest absolute Gasteiger partial charge is 0.239 e. The van der Waals surface area contributed by atoms with Gasteiger partial charge >= 0.3 is 0 Å². The van der Waals surface area contributed by atoms with E-state index >= 15 is 0 Å². The van der Waals surface area contributed by atoms with Gasteiger partial charge in [0.05, 0.1) is 12.1 Å². The zero-order chi connectivity index (χ0) is 18.7. The summed E-state index contributed by atoms with van der Waals surface area (Å²) in [5, 5.41) is 6.54. The molecule has 0 radical (unpaired) electrons. The van der Waals surface area contributed by atoms with E-state index in [0.717, 1.165) is 33.3 Å². The molecule has 0 bridgehead atoms. The minimum absolute atomic E-state index is 0.0106. The summed E-state index contributed by atoms with van der Waals surface area (Å²) >= 11 is 0. The van der Waals surface area contributed by atoms with Gasteiger partial charge in [0.2, 0.25) is 11.8 Å². The normalized spacial score (nSPS) is 10.7. The molecule has 0 fully saturated rings. The van der Waals surface area contributed by atoms with Crippen molar-refractivity contribution in [2.75, 3.05) is 6.54 Å². The van der Waals surface area contributed by atoms with Gasteiger partial charge in [-0.3, -0.25) is 9.59 Å². The van der Waals surface area contributed by atoms with Gasteiger partial charge in [-0.15, -0.1) is 0 Å². The molecule has 1 aromatic heterocycles. The van der Waals surface area contributed by atoms with Crippen LogP contribution in [-0.4, -0.2) is 23.3 Å². The molecule has 0 atom stereocenters. The fraction of sp³-hybridized carbons (Fsp3) is 0.238. The fourth-order valence-corrected chi connectivity index (χ4v) is 3.15. The lowest BCUT2D eigenvalue weighted by Gasteiger charge is -2.08. The third-order valence-electron chi connectivity index (χ3n) is 4.43. The second kappa shape index (κ2) is 7.44. The van der Waals surface area contributed by atoms with Crippen molar-refractivity contribution in [3.63, 3.8) is 0 Å². The number of carbonyl (C=O) groups excluding carboxylic acids is 2. The Balaban J connectivity index is 1.91. The van der Waals surface area contributed by atoms with Crippen LogP contribution in [0.25, 0.3) is 22.2 Å². The van der Waals surface area contributed by atoms with E-state index in [0.29, 0.717) is 6.54 Å². The summed E-state index contributed by atoms with van der Waals surface area (Å²) in [5.41, 5.74) is 6.64. The molecule has 3 aromatic rings. The van der Waals surface area contributed by atoms with Crippen molar-refractivity contribution < 1.29 is 9.59 Å². The van der Waals surface area contributed by atoms with Crippen LogP contribution in [0.5, 0.6) is 0 Å². The van der Waals surface area contributed by atoms with Crippen LogP contribution in [0.4, 0.5) is 0 Å². The molecule has 2 aromatic carbocycles. The lowest BCUT2D eigenvalue weighted by molar-refractivity contribution is -0.125. The lowest BCUT2D eigenvalue weighted by Crippen LogP contribution is -2.35. The van der Waals surface area contributed by atoms with Crippen LogP contribution in [0.2, 0.25) is 0 Å². The molecule has 5 nitrogen and oxygen atoms in total. The fourth-order valence-electron chi connectivity index (χ4n) is 3.15. The molecule has 0 aliphatic carbocycles. The molecule has 0 aliphatic heterocycles. The molecule has 5 heteroatoms. The average Bonchev–Trinajstić information content (AvgIpc) is 2.95. The van der Waals surface area contributed by atoms with Gasteiger partial charge < -0.3 is 15.6 Å². The largest absolute Gasteiger partial charge is 0.354 e. The van der Waals surface area contributed by atoms with E-state index in [1.807, 2.05) is 18.2 Å². The summed E-state index contributed by atoms with van der Waals surface area (Å²) in [7, 11) is 0.